The van der Waals surface area contributed by atoms with Crippen LogP contribution >= 0.6 is 0 Å². The summed E-state index contributed by atoms with van der Waals surface area (Å²) in [6.45, 7) is 0.229. The van der Waals surface area contributed by atoms with Gasteiger partial charge in [0.15, 0.2) is 6.04 Å². The van der Waals surface area contributed by atoms with Gasteiger partial charge in [-0.2, -0.15) is 4.98 Å². The number of carboxylic acid groups (broad SMARTS) is 1. The van der Waals surface area contributed by atoms with Crippen molar-refractivity contribution < 1.29 is 29.0 Å². The lowest BCUT2D eigenvalue weighted by Gasteiger charge is -2.43. The van der Waals surface area contributed by atoms with Gasteiger partial charge in [-0.3, -0.25) is 9.59 Å². The minimum Gasteiger partial charge on any atom is -0.480 e. The Balaban J connectivity index is 1.49. The average molecular weight is 440 g/mol. The van der Waals surface area contributed by atoms with Gasteiger partial charge in [0, 0.05) is 6.20 Å². The van der Waals surface area contributed by atoms with E-state index in [2.05, 4.69) is 15.3 Å². The van der Waals surface area contributed by atoms with Crippen molar-refractivity contribution >= 4 is 17.8 Å². The van der Waals surface area contributed by atoms with Gasteiger partial charge in [0.2, 0.25) is 5.91 Å². The first-order valence-corrected chi connectivity index (χ1v) is 10.5. The number of rotatable bonds is 5. The maximum atomic E-state index is 13.3. The van der Waals surface area contributed by atoms with Crippen LogP contribution in [0, 0.1) is 0 Å². The zero-order valence-corrected chi connectivity index (χ0v) is 17.3. The zero-order valence-electron chi connectivity index (χ0n) is 17.3. The van der Waals surface area contributed by atoms with E-state index in [9.17, 15) is 19.5 Å². The summed E-state index contributed by atoms with van der Waals surface area (Å²) in [5.41, 5.74) is 0.0501. The predicted molar refractivity (Wildman–Crippen MR) is 111 cm³/mol. The highest BCUT2D eigenvalue weighted by atomic mass is 16.5. The molecular weight excluding hydrogens is 416 g/mol. The third-order valence-electron chi connectivity index (χ3n) is 5.56. The third-order valence-corrected chi connectivity index (χ3v) is 5.56. The Hall–Kier alpha value is -3.53. The van der Waals surface area contributed by atoms with Gasteiger partial charge in [-0.25, -0.2) is 9.78 Å². The fourth-order valence-electron chi connectivity index (χ4n) is 3.99. The van der Waals surface area contributed by atoms with E-state index < -0.39 is 29.9 Å². The topological polar surface area (TPSA) is 131 Å². The molecule has 3 heterocycles. The zero-order chi connectivity index (χ0) is 22.5. The number of morpholine rings is 1. The highest BCUT2D eigenvalue weighted by Crippen LogP contribution is 2.24. The molecule has 10 heteroatoms. The van der Waals surface area contributed by atoms with Crippen molar-refractivity contribution in [2.24, 2.45) is 0 Å². The SMILES string of the molecule is O=C(NC1CCCCC2COCC(C(=O)O)N2C1=O)c1ccnc(Oc2ccccc2)n1. The first kappa shape index (κ1) is 21.7. The first-order chi connectivity index (χ1) is 15.5. The molecule has 1 aromatic heterocycles. The number of carbonyl (C=O) groups is 3. The van der Waals surface area contributed by atoms with E-state index in [0.29, 0.717) is 25.2 Å². The molecule has 0 saturated carbocycles. The van der Waals surface area contributed by atoms with E-state index >= 15 is 0 Å². The van der Waals surface area contributed by atoms with E-state index in [4.69, 9.17) is 9.47 Å². The molecule has 2 N–H and O–H groups in total. The summed E-state index contributed by atoms with van der Waals surface area (Å²) in [4.78, 5) is 47.4. The van der Waals surface area contributed by atoms with Crippen molar-refractivity contribution in [3.05, 3.63) is 48.3 Å². The molecule has 0 radical (unpaired) electrons. The van der Waals surface area contributed by atoms with Gasteiger partial charge in [-0.15, -0.1) is 0 Å². The molecule has 2 aliphatic rings. The van der Waals surface area contributed by atoms with E-state index in [-0.39, 0.29) is 24.4 Å². The van der Waals surface area contributed by atoms with Crippen molar-refractivity contribution in [1.82, 2.24) is 20.2 Å². The van der Waals surface area contributed by atoms with Crippen LogP contribution < -0.4 is 10.1 Å². The van der Waals surface area contributed by atoms with Crippen molar-refractivity contribution in [3.63, 3.8) is 0 Å². The third kappa shape index (κ3) is 4.86. The van der Waals surface area contributed by atoms with Crippen LogP contribution in [0.2, 0.25) is 0 Å². The van der Waals surface area contributed by atoms with E-state index in [0.717, 1.165) is 12.8 Å². The molecule has 0 spiro atoms. The summed E-state index contributed by atoms with van der Waals surface area (Å²) in [7, 11) is 0. The lowest BCUT2D eigenvalue weighted by atomic mass is 9.96. The van der Waals surface area contributed by atoms with Gasteiger partial charge >= 0.3 is 12.0 Å². The molecule has 0 aliphatic carbocycles. The second-order valence-corrected chi connectivity index (χ2v) is 7.74. The number of aromatic nitrogens is 2. The molecule has 3 atom stereocenters. The lowest BCUT2D eigenvalue weighted by molar-refractivity contribution is -0.165. The molecule has 2 aromatic rings. The Morgan fingerprint density at radius 1 is 1.12 bits per heavy atom. The monoisotopic (exact) mass is 440 g/mol. The molecule has 2 amide bonds. The van der Waals surface area contributed by atoms with Crippen LogP contribution in [0.25, 0.3) is 0 Å². The molecule has 2 aliphatic heterocycles. The first-order valence-electron chi connectivity index (χ1n) is 10.5. The number of hydrogen-bond acceptors (Lipinski definition) is 7. The summed E-state index contributed by atoms with van der Waals surface area (Å²) in [6, 6.07) is 8.12. The van der Waals surface area contributed by atoms with Gasteiger partial charge in [0.05, 0.1) is 19.3 Å². The summed E-state index contributed by atoms with van der Waals surface area (Å²) in [6.07, 6.45) is 4.02. The number of ether oxygens (including phenoxy) is 2. The molecule has 2 fully saturated rings. The van der Waals surface area contributed by atoms with Crippen LogP contribution in [-0.2, 0) is 14.3 Å². The molecular formula is C22H24N4O6. The Labute approximate surface area is 184 Å². The van der Waals surface area contributed by atoms with Crippen LogP contribution in [0.4, 0.5) is 0 Å². The van der Waals surface area contributed by atoms with Crippen LogP contribution in [0.1, 0.15) is 36.2 Å². The average Bonchev–Trinajstić information content (AvgIpc) is 2.80. The van der Waals surface area contributed by atoms with Gasteiger partial charge in [-0.05, 0) is 31.0 Å². The number of para-hydroxylation sites is 1. The number of nitrogens with zero attached hydrogens (tertiary/aromatic N) is 3. The van der Waals surface area contributed by atoms with Gasteiger partial charge < -0.3 is 24.8 Å². The Kier molecular flexibility index (Phi) is 6.60. The number of fused-ring (bicyclic) bond motifs is 1. The minimum absolute atomic E-state index is 0.00651. The maximum Gasteiger partial charge on any atom is 0.328 e. The fraction of sp³-hybridized carbons (Fsp3) is 0.409. The number of benzene rings is 1. The molecule has 32 heavy (non-hydrogen) atoms. The normalized spacial score (nSPS) is 23.4. The predicted octanol–water partition coefficient (Wildman–Crippen LogP) is 1.62. The molecule has 2 saturated heterocycles. The quantitative estimate of drug-likeness (QED) is 0.717. The summed E-state index contributed by atoms with van der Waals surface area (Å²) in [5, 5.41) is 12.3. The van der Waals surface area contributed by atoms with E-state index in [1.807, 2.05) is 6.07 Å². The number of carbonyl (C=O) groups excluding carboxylic acids is 2. The van der Waals surface area contributed by atoms with Gasteiger partial charge in [-0.1, -0.05) is 31.0 Å². The van der Waals surface area contributed by atoms with Gasteiger partial charge in [0.1, 0.15) is 17.5 Å². The molecule has 168 valence electrons. The maximum absolute atomic E-state index is 13.3. The molecule has 0 bridgehead atoms. The standard InChI is InChI=1S/C22H24N4O6/c27-19(16-10-11-23-22(25-16)32-15-7-2-1-3-8-15)24-17-9-5-4-6-14-12-31-13-18(21(29)30)26(14)20(17)28/h1-3,7-8,10-11,14,17-18H,4-6,9,12-13H2,(H,24,27)(H,29,30). The van der Waals surface area contributed by atoms with Crippen LogP contribution in [0.5, 0.6) is 11.8 Å². The highest BCUT2D eigenvalue weighted by Gasteiger charge is 2.42. The van der Waals surface area contributed by atoms with Crippen molar-refractivity contribution in [1.29, 1.82) is 0 Å². The fourth-order valence-corrected chi connectivity index (χ4v) is 3.99. The minimum atomic E-state index is -1.12. The Morgan fingerprint density at radius 3 is 2.69 bits per heavy atom. The second-order valence-electron chi connectivity index (χ2n) is 7.74. The smallest absolute Gasteiger partial charge is 0.328 e. The number of aliphatic carboxylic acids is 1. The van der Waals surface area contributed by atoms with Crippen molar-refractivity contribution in [2.75, 3.05) is 13.2 Å². The summed E-state index contributed by atoms with van der Waals surface area (Å²) < 4.78 is 11.0. The number of hydrogen-bond donors (Lipinski definition) is 2. The van der Waals surface area contributed by atoms with Crippen molar-refractivity contribution in [2.45, 2.75) is 43.8 Å². The lowest BCUT2D eigenvalue weighted by Crippen LogP contribution is -2.62. The highest BCUT2D eigenvalue weighted by molar-refractivity contribution is 5.97. The molecule has 3 unspecified atom stereocenters. The van der Waals surface area contributed by atoms with Crippen LogP contribution in [-0.4, -0.2) is 69.1 Å². The largest absolute Gasteiger partial charge is 0.480 e. The molecule has 10 nitrogen and oxygen atoms in total. The number of amides is 2. The Morgan fingerprint density at radius 2 is 1.91 bits per heavy atom. The van der Waals surface area contributed by atoms with E-state index in [1.54, 1.807) is 24.3 Å². The molecule has 1 aromatic carbocycles. The van der Waals surface area contributed by atoms with Crippen LogP contribution in [0.15, 0.2) is 42.6 Å². The summed E-state index contributed by atoms with van der Waals surface area (Å²) >= 11 is 0. The number of carboxylic acids is 1. The second kappa shape index (κ2) is 9.73. The van der Waals surface area contributed by atoms with Crippen molar-refractivity contribution in [3.8, 4) is 11.8 Å². The van der Waals surface area contributed by atoms with E-state index in [1.165, 1.54) is 17.2 Å². The Bertz CT molecular complexity index is 985. The summed E-state index contributed by atoms with van der Waals surface area (Å²) in [5.74, 6) is -1.56. The van der Waals surface area contributed by atoms with Gasteiger partial charge in [0.25, 0.3) is 5.91 Å². The molecule has 4 rings (SSSR count). The van der Waals surface area contributed by atoms with Crippen LogP contribution in [0.3, 0.4) is 0 Å². The number of nitrogens with one attached hydrogen (secondary N) is 1.